The minimum Gasteiger partial charge on any atom is -0.466 e. The number of amides is 1. The highest BCUT2D eigenvalue weighted by atomic mass is 16.5. The lowest BCUT2D eigenvalue weighted by Gasteiger charge is -2.22. The van der Waals surface area contributed by atoms with E-state index in [-0.39, 0.29) is 18.5 Å². The third-order valence-corrected chi connectivity index (χ3v) is 15.3. The monoisotopic (exact) mass is 1000 g/mol. The second kappa shape index (κ2) is 61.1. The van der Waals surface area contributed by atoms with Gasteiger partial charge >= 0.3 is 5.97 Å². The summed E-state index contributed by atoms with van der Waals surface area (Å²) in [7, 11) is 0. The Hall–Kier alpha value is -1.40. The zero-order chi connectivity index (χ0) is 51.4. The maximum absolute atomic E-state index is 12.5. The number of hydrogen-bond donors (Lipinski definition) is 3. The van der Waals surface area contributed by atoms with Gasteiger partial charge in [0.2, 0.25) is 5.91 Å². The maximum atomic E-state index is 12.5. The highest BCUT2D eigenvalue weighted by Crippen LogP contribution is 2.18. The van der Waals surface area contributed by atoms with Gasteiger partial charge in [0.25, 0.3) is 0 Å². The zero-order valence-corrected chi connectivity index (χ0v) is 48.2. The number of ether oxygens (including phenoxy) is 1. The first kappa shape index (κ1) is 69.6. The highest BCUT2D eigenvalue weighted by Gasteiger charge is 2.20. The van der Waals surface area contributed by atoms with Gasteiger partial charge in [-0.15, -0.1) is 0 Å². The van der Waals surface area contributed by atoms with Gasteiger partial charge in [0.05, 0.1) is 25.4 Å². The van der Waals surface area contributed by atoms with Gasteiger partial charge in [0, 0.05) is 12.8 Å². The summed E-state index contributed by atoms with van der Waals surface area (Å²) < 4.78 is 5.49. The molecule has 0 aliphatic carbocycles. The number of rotatable bonds is 61. The van der Waals surface area contributed by atoms with Gasteiger partial charge in [0.1, 0.15) is 0 Å². The third-order valence-electron chi connectivity index (χ3n) is 15.3. The number of carbonyl (C=O) groups is 2. The molecule has 0 aromatic heterocycles. The Morgan fingerprint density at radius 3 is 1.00 bits per heavy atom. The van der Waals surface area contributed by atoms with Gasteiger partial charge in [0.15, 0.2) is 0 Å². The van der Waals surface area contributed by atoms with E-state index >= 15 is 0 Å². The topological polar surface area (TPSA) is 95.9 Å². The number of hydrogen-bond acceptors (Lipinski definition) is 5. The number of unbranched alkanes of at least 4 members (excludes halogenated alkanes) is 48. The fraction of sp³-hybridized carbons (Fsp3) is 0.938. The van der Waals surface area contributed by atoms with Crippen molar-refractivity contribution in [1.82, 2.24) is 5.32 Å². The second-order valence-electron chi connectivity index (χ2n) is 22.5. The van der Waals surface area contributed by atoms with Crippen molar-refractivity contribution in [2.75, 3.05) is 13.2 Å². The predicted octanol–water partition coefficient (Wildman–Crippen LogP) is 20.4. The molecule has 2 unspecified atom stereocenters. The normalized spacial score (nSPS) is 12.6. The van der Waals surface area contributed by atoms with Gasteiger partial charge in [-0.1, -0.05) is 315 Å². The molecule has 0 saturated heterocycles. The van der Waals surface area contributed by atoms with Crippen LogP contribution in [-0.4, -0.2) is 47.4 Å². The van der Waals surface area contributed by atoms with Gasteiger partial charge < -0.3 is 20.3 Å². The van der Waals surface area contributed by atoms with Crippen molar-refractivity contribution >= 4 is 11.9 Å². The Kier molecular flexibility index (Phi) is 59.9. The molecule has 0 aliphatic heterocycles. The molecule has 0 radical (unpaired) electrons. The van der Waals surface area contributed by atoms with Crippen molar-refractivity contribution < 1.29 is 24.5 Å². The first-order valence-corrected chi connectivity index (χ1v) is 32.4. The van der Waals surface area contributed by atoms with Crippen molar-refractivity contribution in [2.45, 2.75) is 379 Å². The standard InChI is InChI=1S/C65H127NO5/c1-3-5-7-9-11-13-15-17-19-21-22-26-29-33-37-41-45-49-53-57-63(68)62(61-67)66-64(69)58-54-50-46-42-38-34-30-27-23-24-28-32-36-40-44-48-52-56-60-71-65(70)59-55-51-47-43-39-35-31-25-20-18-16-14-12-10-8-6-4-2/h18,20,62-63,67-68H,3-17,19,21-61H2,1-2H3,(H,66,69)/b20-18-. The summed E-state index contributed by atoms with van der Waals surface area (Å²) >= 11 is 0. The number of carbonyl (C=O) groups excluding carboxylic acids is 2. The molecule has 0 heterocycles. The van der Waals surface area contributed by atoms with Gasteiger partial charge in [-0.25, -0.2) is 0 Å². The Morgan fingerprint density at radius 2 is 0.662 bits per heavy atom. The number of aliphatic hydroxyl groups excluding tert-OH is 2. The van der Waals surface area contributed by atoms with Crippen molar-refractivity contribution in [1.29, 1.82) is 0 Å². The lowest BCUT2D eigenvalue weighted by atomic mass is 10.0. The minimum absolute atomic E-state index is 0.00515. The zero-order valence-electron chi connectivity index (χ0n) is 48.2. The molecule has 3 N–H and O–H groups in total. The van der Waals surface area contributed by atoms with Crippen LogP contribution in [0, 0.1) is 0 Å². The van der Waals surface area contributed by atoms with Crippen LogP contribution >= 0.6 is 0 Å². The molecule has 0 aliphatic rings. The van der Waals surface area contributed by atoms with E-state index in [2.05, 4.69) is 31.3 Å². The second-order valence-corrected chi connectivity index (χ2v) is 22.5. The summed E-state index contributed by atoms with van der Waals surface area (Å²) in [6.45, 7) is 4.97. The maximum Gasteiger partial charge on any atom is 0.305 e. The van der Waals surface area contributed by atoms with Gasteiger partial charge in [-0.3, -0.25) is 9.59 Å². The highest BCUT2D eigenvalue weighted by molar-refractivity contribution is 5.76. The van der Waals surface area contributed by atoms with Crippen molar-refractivity contribution in [3.63, 3.8) is 0 Å². The van der Waals surface area contributed by atoms with Crippen LogP contribution in [0.1, 0.15) is 367 Å². The molecule has 71 heavy (non-hydrogen) atoms. The number of esters is 1. The van der Waals surface area contributed by atoms with E-state index in [1.165, 1.54) is 289 Å². The van der Waals surface area contributed by atoms with Crippen molar-refractivity contribution in [3.05, 3.63) is 12.2 Å². The Morgan fingerprint density at radius 1 is 0.380 bits per heavy atom. The van der Waals surface area contributed by atoms with Crippen LogP contribution in [0.25, 0.3) is 0 Å². The molecule has 0 aromatic rings. The largest absolute Gasteiger partial charge is 0.466 e. The summed E-state index contributed by atoms with van der Waals surface area (Å²) in [4.78, 5) is 24.6. The molecule has 0 bridgehead atoms. The molecule has 0 spiro atoms. The fourth-order valence-electron chi connectivity index (χ4n) is 10.3. The van der Waals surface area contributed by atoms with Crippen LogP contribution in [0.5, 0.6) is 0 Å². The molecule has 0 fully saturated rings. The van der Waals surface area contributed by atoms with Crippen LogP contribution in [0.4, 0.5) is 0 Å². The average Bonchev–Trinajstić information content (AvgIpc) is 3.37. The predicted molar refractivity (Wildman–Crippen MR) is 310 cm³/mol. The number of nitrogens with one attached hydrogen (secondary N) is 1. The van der Waals surface area contributed by atoms with Gasteiger partial charge in [-0.05, 0) is 51.4 Å². The van der Waals surface area contributed by atoms with E-state index in [9.17, 15) is 19.8 Å². The summed E-state index contributed by atoms with van der Waals surface area (Å²) in [5.41, 5.74) is 0. The summed E-state index contributed by atoms with van der Waals surface area (Å²) in [5.74, 6) is -0.0300. The first-order valence-electron chi connectivity index (χ1n) is 32.4. The Balaban J connectivity index is 3.39. The van der Waals surface area contributed by atoms with Crippen LogP contribution in [0.15, 0.2) is 12.2 Å². The SMILES string of the molecule is CCCCCCCC/C=C\CCCCCCCCCC(=O)OCCCCCCCCCCCCCCCCCCCCC(=O)NC(CO)C(O)CCCCCCCCCCCCCCCCCCCCC. The number of aliphatic hydroxyl groups is 2. The van der Waals surface area contributed by atoms with Crippen LogP contribution in [-0.2, 0) is 14.3 Å². The third kappa shape index (κ3) is 57.7. The van der Waals surface area contributed by atoms with Crippen LogP contribution in [0.3, 0.4) is 0 Å². The molecule has 422 valence electrons. The van der Waals surface area contributed by atoms with Crippen molar-refractivity contribution in [3.8, 4) is 0 Å². The van der Waals surface area contributed by atoms with Crippen molar-refractivity contribution in [2.24, 2.45) is 0 Å². The smallest absolute Gasteiger partial charge is 0.305 e. The molecule has 0 rings (SSSR count). The van der Waals surface area contributed by atoms with E-state index < -0.39 is 12.1 Å². The summed E-state index contributed by atoms with van der Waals surface area (Å²) in [5, 5.41) is 23.4. The van der Waals surface area contributed by atoms with E-state index in [1.807, 2.05) is 0 Å². The minimum atomic E-state index is -0.667. The molecular formula is C65H127NO5. The van der Waals surface area contributed by atoms with Gasteiger partial charge in [-0.2, -0.15) is 0 Å². The molecule has 0 saturated carbocycles. The quantitative estimate of drug-likeness (QED) is 0.0320. The van der Waals surface area contributed by atoms with E-state index in [0.717, 1.165) is 44.9 Å². The molecular weight excluding hydrogens is 875 g/mol. The lowest BCUT2D eigenvalue weighted by molar-refractivity contribution is -0.143. The number of allylic oxidation sites excluding steroid dienone is 2. The lowest BCUT2D eigenvalue weighted by Crippen LogP contribution is -2.45. The summed E-state index contributed by atoms with van der Waals surface area (Å²) in [6.07, 6.45) is 73.6. The fourth-order valence-corrected chi connectivity index (χ4v) is 10.3. The Labute approximate surface area is 444 Å². The van der Waals surface area contributed by atoms with Crippen LogP contribution in [0.2, 0.25) is 0 Å². The van der Waals surface area contributed by atoms with E-state index in [0.29, 0.717) is 25.9 Å². The van der Waals surface area contributed by atoms with E-state index in [4.69, 9.17) is 4.74 Å². The molecule has 0 aromatic carbocycles. The molecule has 1 amide bonds. The molecule has 6 heteroatoms. The summed E-state index contributed by atoms with van der Waals surface area (Å²) in [6, 6.07) is -0.545. The average molecular weight is 1000 g/mol. The van der Waals surface area contributed by atoms with E-state index in [1.54, 1.807) is 0 Å². The molecule has 2 atom stereocenters. The van der Waals surface area contributed by atoms with Crippen LogP contribution < -0.4 is 5.32 Å². The first-order chi connectivity index (χ1) is 35.0. The Bertz CT molecular complexity index is 1060. The molecule has 6 nitrogen and oxygen atoms in total.